The van der Waals surface area contributed by atoms with Crippen LogP contribution in [-0.2, 0) is 15.4 Å². The number of hydrogen-bond donors (Lipinski definition) is 2. The van der Waals surface area contributed by atoms with Gasteiger partial charge < -0.3 is 10.4 Å². The SMILES string of the molecule is CC(O)(CNCCCS(C)(=O)=O)c1ccccc1. The number of rotatable bonds is 7. The molecule has 1 aromatic rings. The molecule has 1 aromatic carbocycles. The van der Waals surface area contributed by atoms with Crippen molar-refractivity contribution in [2.45, 2.75) is 18.9 Å². The van der Waals surface area contributed by atoms with Crippen LogP contribution in [0, 0.1) is 0 Å². The van der Waals surface area contributed by atoms with Gasteiger partial charge in [0.1, 0.15) is 9.84 Å². The van der Waals surface area contributed by atoms with Crippen molar-refractivity contribution in [1.29, 1.82) is 0 Å². The first kappa shape index (κ1) is 15.1. The molecule has 0 amide bonds. The van der Waals surface area contributed by atoms with Gasteiger partial charge in [-0.1, -0.05) is 30.3 Å². The summed E-state index contributed by atoms with van der Waals surface area (Å²) in [6, 6.07) is 9.41. The molecule has 0 aliphatic carbocycles. The first-order valence-corrected chi connectivity index (χ1v) is 8.04. The standard InChI is InChI=1S/C13H21NO3S/c1-13(15,12-7-4-3-5-8-12)11-14-9-6-10-18(2,16)17/h3-5,7-8,14-15H,6,9-11H2,1-2H3. The van der Waals surface area contributed by atoms with E-state index >= 15 is 0 Å². The lowest BCUT2D eigenvalue weighted by Crippen LogP contribution is -2.36. The number of benzene rings is 1. The van der Waals surface area contributed by atoms with Crippen molar-refractivity contribution < 1.29 is 13.5 Å². The second kappa shape index (κ2) is 6.31. The van der Waals surface area contributed by atoms with E-state index in [-0.39, 0.29) is 5.75 Å². The van der Waals surface area contributed by atoms with E-state index in [1.165, 1.54) is 6.26 Å². The van der Waals surface area contributed by atoms with Crippen molar-refractivity contribution >= 4 is 9.84 Å². The van der Waals surface area contributed by atoms with E-state index in [0.29, 0.717) is 19.5 Å². The molecule has 5 heteroatoms. The zero-order chi connectivity index (χ0) is 13.6. The minimum Gasteiger partial charge on any atom is -0.384 e. The maximum Gasteiger partial charge on any atom is 0.147 e. The minimum absolute atomic E-state index is 0.174. The fourth-order valence-electron chi connectivity index (χ4n) is 1.69. The average Bonchev–Trinajstić information content (AvgIpc) is 2.28. The van der Waals surface area contributed by atoms with Gasteiger partial charge in [0.2, 0.25) is 0 Å². The normalized spacial score (nSPS) is 15.3. The lowest BCUT2D eigenvalue weighted by atomic mass is 9.96. The van der Waals surface area contributed by atoms with Gasteiger partial charge in [0.05, 0.1) is 11.4 Å². The largest absolute Gasteiger partial charge is 0.384 e. The van der Waals surface area contributed by atoms with Crippen molar-refractivity contribution in [3.05, 3.63) is 35.9 Å². The third-order valence-corrected chi connectivity index (χ3v) is 3.76. The van der Waals surface area contributed by atoms with Crippen LogP contribution in [0.5, 0.6) is 0 Å². The van der Waals surface area contributed by atoms with Crippen LogP contribution in [-0.4, -0.2) is 38.6 Å². The molecule has 4 nitrogen and oxygen atoms in total. The van der Waals surface area contributed by atoms with Crippen LogP contribution in [0.25, 0.3) is 0 Å². The summed E-state index contributed by atoms with van der Waals surface area (Å²) in [5, 5.41) is 13.3. The topological polar surface area (TPSA) is 66.4 Å². The molecule has 2 N–H and O–H groups in total. The predicted octanol–water partition coefficient (Wildman–Crippen LogP) is 0.918. The first-order chi connectivity index (χ1) is 8.31. The number of nitrogens with one attached hydrogen (secondary N) is 1. The van der Waals surface area contributed by atoms with Crippen molar-refractivity contribution in [2.75, 3.05) is 25.1 Å². The number of sulfone groups is 1. The number of hydrogen-bond acceptors (Lipinski definition) is 4. The Bertz CT molecular complexity index is 454. The first-order valence-electron chi connectivity index (χ1n) is 5.98. The fourth-order valence-corrected chi connectivity index (χ4v) is 2.36. The van der Waals surface area contributed by atoms with E-state index in [0.717, 1.165) is 5.56 Å². The molecule has 0 spiro atoms. The smallest absolute Gasteiger partial charge is 0.147 e. The van der Waals surface area contributed by atoms with Crippen LogP contribution >= 0.6 is 0 Å². The van der Waals surface area contributed by atoms with Gasteiger partial charge in [-0.3, -0.25) is 0 Å². The third kappa shape index (κ3) is 5.62. The summed E-state index contributed by atoms with van der Waals surface area (Å²) in [6.07, 6.45) is 1.79. The molecule has 0 saturated heterocycles. The molecular weight excluding hydrogens is 250 g/mol. The van der Waals surface area contributed by atoms with Gasteiger partial charge >= 0.3 is 0 Å². The van der Waals surface area contributed by atoms with Crippen molar-refractivity contribution in [3.8, 4) is 0 Å². The average molecular weight is 271 g/mol. The Labute approximate surface area is 109 Å². The second-order valence-electron chi connectivity index (χ2n) is 4.80. The molecule has 0 aliphatic heterocycles. The predicted molar refractivity (Wildman–Crippen MR) is 73.2 cm³/mol. The van der Waals surface area contributed by atoms with E-state index in [1.54, 1.807) is 6.92 Å². The van der Waals surface area contributed by atoms with Gasteiger partial charge in [-0.05, 0) is 25.5 Å². The van der Waals surface area contributed by atoms with Crippen LogP contribution in [0.3, 0.4) is 0 Å². The van der Waals surface area contributed by atoms with Crippen LogP contribution in [0.4, 0.5) is 0 Å². The van der Waals surface area contributed by atoms with Crippen LogP contribution in [0.1, 0.15) is 18.9 Å². The van der Waals surface area contributed by atoms with Crippen LogP contribution in [0.2, 0.25) is 0 Å². The molecule has 0 fully saturated rings. The Hall–Kier alpha value is -0.910. The fraction of sp³-hybridized carbons (Fsp3) is 0.538. The van der Waals surface area contributed by atoms with Gasteiger partial charge in [-0.2, -0.15) is 0 Å². The molecule has 0 heterocycles. The highest BCUT2D eigenvalue weighted by Crippen LogP contribution is 2.18. The monoisotopic (exact) mass is 271 g/mol. The summed E-state index contributed by atoms with van der Waals surface area (Å²) in [7, 11) is -2.89. The van der Waals surface area contributed by atoms with E-state index in [9.17, 15) is 13.5 Å². The molecule has 102 valence electrons. The Morgan fingerprint density at radius 3 is 2.44 bits per heavy atom. The zero-order valence-electron chi connectivity index (χ0n) is 10.9. The van der Waals surface area contributed by atoms with E-state index < -0.39 is 15.4 Å². The van der Waals surface area contributed by atoms with Gasteiger partial charge in [0.25, 0.3) is 0 Å². The van der Waals surface area contributed by atoms with Crippen LogP contribution < -0.4 is 5.32 Å². The molecule has 18 heavy (non-hydrogen) atoms. The lowest BCUT2D eigenvalue weighted by Gasteiger charge is -2.24. The Balaban J connectivity index is 2.35. The van der Waals surface area contributed by atoms with Crippen molar-refractivity contribution in [1.82, 2.24) is 5.32 Å². The molecule has 0 aliphatic rings. The van der Waals surface area contributed by atoms with E-state index in [1.807, 2.05) is 30.3 Å². The highest BCUT2D eigenvalue weighted by atomic mass is 32.2. The summed E-state index contributed by atoms with van der Waals surface area (Å²) in [6.45, 7) is 2.72. The quantitative estimate of drug-likeness (QED) is 0.724. The van der Waals surface area contributed by atoms with Crippen molar-refractivity contribution in [2.24, 2.45) is 0 Å². The molecule has 0 radical (unpaired) electrons. The van der Waals surface area contributed by atoms with Gasteiger partial charge in [0, 0.05) is 12.8 Å². The maximum atomic E-state index is 10.9. The highest BCUT2D eigenvalue weighted by Gasteiger charge is 2.21. The summed E-state index contributed by atoms with van der Waals surface area (Å²) in [5.41, 5.74) is -0.0904. The van der Waals surface area contributed by atoms with E-state index in [2.05, 4.69) is 5.32 Å². The van der Waals surface area contributed by atoms with Crippen LogP contribution in [0.15, 0.2) is 30.3 Å². The van der Waals surface area contributed by atoms with Gasteiger partial charge in [-0.15, -0.1) is 0 Å². The summed E-state index contributed by atoms with van der Waals surface area (Å²) in [4.78, 5) is 0. The van der Waals surface area contributed by atoms with Crippen molar-refractivity contribution in [3.63, 3.8) is 0 Å². The Morgan fingerprint density at radius 2 is 1.89 bits per heavy atom. The summed E-state index contributed by atoms with van der Waals surface area (Å²) >= 11 is 0. The van der Waals surface area contributed by atoms with E-state index in [4.69, 9.17) is 0 Å². The third-order valence-electron chi connectivity index (χ3n) is 2.73. The minimum atomic E-state index is -2.89. The highest BCUT2D eigenvalue weighted by molar-refractivity contribution is 7.90. The summed E-state index contributed by atoms with van der Waals surface area (Å²) in [5.74, 6) is 0.174. The molecular formula is C13H21NO3S. The second-order valence-corrected chi connectivity index (χ2v) is 7.06. The molecule has 1 rings (SSSR count). The summed E-state index contributed by atoms with van der Waals surface area (Å²) < 4.78 is 21.9. The molecule has 1 unspecified atom stereocenters. The van der Waals surface area contributed by atoms with Gasteiger partial charge in [-0.25, -0.2) is 8.42 Å². The lowest BCUT2D eigenvalue weighted by molar-refractivity contribution is 0.0572. The molecule has 0 aromatic heterocycles. The number of aliphatic hydroxyl groups is 1. The van der Waals surface area contributed by atoms with Gasteiger partial charge in [0.15, 0.2) is 0 Å². The molecule has 0 saturated carbocycles. The molecule has 0 bridgehead atoms. The maximum absolute atomic E-state index is 10.9. The Morgan fingerprint density at radius 1 is 1.28 bits per heavy atom. The molecule has 1 atom stereocenters. The Kier molecular flexibility index (Phi) is 5.31. The zero-order valence-corrected chi connectivity index (χ0v) is 11.7.